The first-order valence-corrected chi connectivity index (χ1v) is 9.05. The second-order valence-corrected chi connectivity index (χ2v) is 6.63. The minimum Gasteiger partial charge on any atom is -0.493 e. The summed E-state index contributed by atoms with van der Waals surface area (Å²) in [6.07, 6.45) is 1.45. The average Bonchev–Trinajstić information content (AvgIpc) is 3.20. The van der Waals surface area contributed by atoms with E-state index in [1.165, 1.54) is 6.33 Å². The molecule has 0 unspecified atom stereocenters. The standard InChI is InChI=1S/C19H15BrN4O4/c1-25-15-6-3-11(7-16(15)26-2)18-23-17(28-24-18)9-27-19-13-8-12(20)4-5-14(13)21-10-22-19/h3-8,10H,9H2,1-2H3. The normalized spacial score (nSPS) is 10.8. The highest BCUT2D eigenvalue weighted by Gasteiger charge is 2.13. The number of ether oxygens (including phenoxy) is 3. The smallest absolute Gasteiger partial charge is 0.264 e. The van der Waals surface area contributed by atoms with E-state index < -0.39 is 0 Å². The van der Waals surface area contributed by atoms with Crippen LogP contribution >= 0.6 is 15.9 Å². The molecular formula is C19H15BrN4O4. The minimum atomic E-state index is 0.0823. The summed E-state index contributed by atoms with van der Waals surface area (Å²) >= 11 is 3.44. The number of aromatic nitrogens is 4. The topological polar surface area (TPSA) is 92.4 Å². The lowest BCUT2D eigenvalue weighted by molar-refractivity contribution is 0.238. The van der Waals surface area contributed by atoms with Crippen LogP contribution in [0.3, 0.4) is 0 Å². The van der Waals surface area contributed by atoms with Crippen molar-refractivity contribution in [2.24, 2.45) is 0 Å². The molecule has 0 aliphatic carbocycles. The zero-order valence-electron chi connectivity index (χ0n) is 15.0. The number of rotatable bonds is 6. The number of nitrogens with zero attached hydrogens (tertiary/aromatic N) is 4. The predicted octanol–water partition coefficient (Wildman–Crippen LogP) is 4.04. The summed E-state index contributed by atoms with van der Waals surface area (Å²) in [6.45, 7) is 0.0823. The van der Waals surface area contributed by atoms with Gasteiger partial charge in [0.15, 0.2) is 18.1 Å². The Hall–Kier alpha value is -3.20. The SMILES string of the molecule is COc1ccc(-c2noc(COc3ncnc4ccc(Br)cc34)n2)cc1OC. The number of hydrogen-bond acceptors (Lipinski definition) is 8. The van der Waals surface area contributed by atoms with E-state index in [0.717, 1.165) is 20.9 Å². The van der Waals surface area contributed by atoms with Crippen LogP contribution in [0.15, 0.2) is 51.7 Å². The highest BCUT2D eigenvalue weighted by Crippen LogP contribution is 2.31. The number of fused-ring (bicyclic) bond motifs is 1. The second-order valence-electron chi connectivity index (χ2n) is 5.71. The van der Waals surface area contributed by atoms with E-state index in [-0.39, 0.29) is 6.61 Å². The third kappa shape index (κ3) is 3.61. The Morgan fingerprint density at radius 3 is 2.68 bits per heavy atom. The van der Waals surface area contributed by atoms with E-state index in [1.54, 1.807) is 26.4 Å². The molecular weight excluding hydrogens is 428 g/mol. The van der Waals surface area contributed by atoms with Gasteiger partial charge in [-0.15, -0.1) is 0 Å². The van der Waals surface area contributed by atoms with Gasteiger partial charge in [0, 0.05) is 10.0 Å². The maximum Gasteiger partial charge on any atom is 0.264 e. The molecule has 0 saturated carbocycles. The number of halogens is 1. The molecule has 9 heteroatoms. The molecule has 142 valence electrons. The van der Waals surface area contributed by atoms with Crippen LogP contribution in [0, 0.1) is 0 Å². The van der Waals surface area contributed by atoms with Crippen molar-refractivity contribution < 1.29 is 18.7 Å². The van der Waals surface area contributed by atoms with Gasteiger partial charge in [-0.2, -0.15) is 4.98 Å². The van der Waals surface area contributed by atoms with Crippen LogP contribution in [-0.2, 0) is 6.61 Å². The Morgan fingerprint density at radius 2 is 1.86 bits per heavy atom. The van der Waals surface area contributed by atoms with Crippen molar-refractivity contribution in [3.05, 3.63) is 53.1 Å². The van der Waals surface area contributed by atoms with Gasteiger partial charge in [0.05, 0.1) is 25.1 Å². The first kappa shape index (κ1) is 18.2. The molecule has 0 aliphatic rings. The van der Waals surface area contributed by atoms with Crippen molar-refractivity contribution in [2.45, 2.75) is 6.61 Å². The van der Waals surface area contributed by atoms with Crippen LogP contribution in [0.5, 0.6) is 17.4 Å². The summed E-state index contributed by atoms with van der Waals surface area (Å²) in [6, 6.07) is 11.1. The Balaban J connectivity index is 1.54. The van der Waals surface area contributed by atoms with E-state index in [1.807, 2.05) is 24.3 Å². The van der Waals surface area contributed by atoms with Crippen LogP contribution in [0.25, 0.3) is 22.3 Å². The molecule has 4 rings (SSSR count). The van der Waals surface area contributed by atoms with E-state index in [9.17, 15) is 0 Å². The average molecular weight is 443 g/mol. The quantitative estimate of drug-likeness (QED) is 0.441. The molecule has 0 N–H and O–H groups in total. The van der Waals surface area contributed by atoms with Crippen LogP contribution in [0.2, 0.25) is 0 Å². The molecule has 28 heavy (non-hydrogen) atoms. The van der Waals surface area contributed by atoms with Gasteiger partial charge in [-0.05, 0) is 36.4 Å². The fourth-order valence-electron chi connectivity index (χ4n) is 2.66. The molecule has 8 nitrogen and oxygen atoms in total. The number of methoxy groups -OCH3 is 2. The lowest BCUT2D eigenvalue weighted by Crippen LogP contribution is -1.99. The second kappa shape index (κ2) is 7.81. The van der Waals surface area contributed by atoms with Gasteiger partial charge in [-0.25, -0.2) is 9.97 Å². The first-order chi connectivity index (χ1) is 13.7. The summed E-state index contributed by atoms with van der Waals surface area (Å²) < 4.78 is 22.5. The van der Waals surface area contributed by atoms with Crippen LogP contribution in [0.4, 0.5) is 0 Å². The molecule has 0 amide bonds. The fraction of sp³-hybridized carbons (Fsp3) is 0.158. The molecule has 0 aliphatic heterocycles. The van der Waals surface area contributed by atoms with Gasteiger partial charge >= 0.3 is 0 Å². The van der Waals surface area contributed by atoms with E-state index >= 15 is 0 Å². The summed E-state index contributed by atoms with van der Waals surface area (Å²) in [7, 11) is 3.15. The summed E-state index contributed by atoms with van der Waals surface area (Å²) in [4.78, 5) is 12.8. The van der Waals surface area contributed by atoms with Crippen molar-refractivity contribution in [1.82, 2.24) is 20.1 Å². The highest BCUT2D eigenvalue weighted by molar-refractivity contribution is 9.10. The lowest BCUT2D eigenvalue weighted by atomic mass is 10.2. The van der Waals surface area contributed by atoms with Gasteiger partial charge in [0.1, 0.15) is 6.33 Å². The van der Waals surface area contributed by atoms with Crippen LogP contribution in [0.1, 0.15) is 5.89 Å². The lowest BCUT2D eigenvalue weighted by Gasteiger charge is -2.07. The van der Waals surface area contributed by atoms with Gasteiger partial charge in [0.2, 0.25) is 11.7 Å². The van der Waals surface area contributed by atoms with Gasteiger partial charge in [-0.1, -0.05) is 21.1 Å². The van der Waals surface area contributed by atoms with Gasteiger partial charge in [-0.3, -0.25) is 0 Å². The summed E-state index contributed by atoms with van der Waals surface area (Å²) in [5.41, 5.74) is 1.52. The van der Waals surface area contributed by atoms with Gasteiger partial charge < -0.3 is 18.7 Å². The molecule has 2 heterocycles. The van der Waals surface area contributed by atoms with E-state index in [4.69, 9.17) is 18.7 Å². The van der Waals surface area contributed by atoms with Crippen molar-refractivity contribution in [1.29, 1.82) is 0 Å². The van der Waals surface area contributed by atoms with E-state index in [2.05, 4.69) is 36.0 Å². The molecule has 0 fully saturated rings. The molecule has 0 spiro atoms. The third-order valence-electron chi connectivity index (χ3n) is 4.00. The van der Waals surface area contributed by atoms with Crippen molar-refractivity contribution >= 4 is 26.8 Å². The van der Waals surface area contributed by atoms with Gasteiger partial charge in [0.25, 0.3) is 5.89 Å². The maximum absolute atomic E-state index is 5.78. The van der Waals surface area contributed by atoms with Crippen molar-refractivity contribution in [2.75, 3.05) is 14.2 Å². The zero-order chi connectivity index (χ0) is 19.5. The van der Waals surface area contributed by atoms with Crippen LogP contribution < -0.4 is 14.2 Å². The largest absolute Gasteiger partial charge is 0.493 e. The third-order valence-corrected chi connectivity index (χ3v) is 4.50. The molecule has 2 aromatic heterocycles. The Kier molecular flexibility index (Phi) is 5.07. The van der Waals surface area contributed by atoms with Crippen molar-refractivity contribution in [3.8, 4) is 28.8 Å². The Bertz CT molecular complexity index is 1130. The molecule has 4 aromatic rings. The molecule has 2 aromatic carbocycles. The predicted molar refractivity (Wildman–Crippen MR) is 104 cm³/mol. The van der Waals surface area contributed by atoms with E-state index in [0.29, 0.717) is 29.1 Å². The first-order valence-electron chi connectivity index (χ1n) is 8.26. The van der Waals surface area contributed by atoms with Crippen LogP contribution in [-0.4, -0.2) is 34.3 Å². The summed E-state index contributed by atoms with van der Waals surface area (Å²) in [5, 5.41) is 4.79. The summed E-state index contributed by atoms with van der Waals surface area (Å²) in [5.74, 6) is 2.40. The molecule has 0 radical (unpaired) electrons. The minimum absolute atomic E-state index is 0.0823. The fourth-order valence-corrected chi connectivity index (χ4v) is 3.02. The number of benzene rings is 2. The molecule has 0 atom stereocenters. The Morgan fingerprint density at radius 1 is 1.00 bits per heavy atom. The Labute approximate surface area is 168 Å². The monoisotopic (exact) mass is 442 g/mol. The number of hydrogen-bond donors (Lipinski definition) is 0. The van der Waals surface area contributed by atoms with Crippen molar-refractivity contribution in [3.63, 3.8) is 0 Å². The maximum atomic E-state index is 5.78. The highest BCUT2D eigenvalue weighted by atomic mass is 79.9. The zero-order valence-corrected chi connectivity index (χ0v) is 16.6. The molecule has 0 saturated heterocycles. The molecule has 0 bridgehead atoms.